The van der Waals surface area contributed by atoms with Gasteiger partial charge in [0.05, 0.1) is 6.10 Å². The summed E-state index contributed by atoms with van der Waals surface area (Å²) in [4.78, 5) is 10.0. The average Bonchev–Trinajstić information content (AvgIpc) is 1.82. The van der Waals surface area contributed by atoms with Gasteiger partial charge in [0.15, 0.2) is 0 Å². The standard InChI is InChI=1S/C8H14O3/c1-6(2)4-7(3)11-5-8(9)10/h7H,1,4-5H2,2-3H3,(H,9,10). The van der Waals surface area contributed by atoms with Crippen LogP contribution in [-0.4, -0.2) is 23.8 Å². The summed E-state index contributed by atoms with van der Waals surface area (Å²) in [5.41, 5.74) is 1.00. The predicted molar refractivity (Wildman–Crippen MR) is 42.5 cm³/mol. The number of rotatable bonds is 5. The van der Waals surface area contributed by atoms with Crippen molar-refractivity contribution in [2.75, 3.05) is 6.61 Å². The summed E-state index contributed by atoms with van der Waals surface area (Å²) in [6.07, 6.45) is 0.663. The Morgan fingerprint density at radius 3 is 2.64 bits per heavy atom. The second-order valence-corrected chi connectivity index (χ2v) is 2.68. The maximum Gasteiger partial charge on any atom is 0.329 e. The van der Waals surface area contributed by atoms with Crippen molar-refractivity contribution in [1.29, 1.82) is 0 Å². The number of hydrogen-bond acceptors (Lipinski definition) is 2. The normalized spacial score (nSPS) is 12.5. The molecule has 0 bridgehead atoms. The molecule has 0 aromatic rings. The van der Waals surface area contributed by atoms with Gasteiger partial charge in [-0.3, -0.25) is 0 Å². The predicted octanol–water partition coefficient (Wildman–Crippen LogP) is 1.44. The molecule has 0 aliphatic rings. The molecule has 0 rings (SSSR count). The van der Waals surface area contributed by atoms with E-state index in [0.29, 0.717) is 6.42 Å². The smallest absolute Gasteiger partial charge is 0.329 e. The van der Waals surface area contributed by atoms with Crippen LogP contribution in [0, 0.1) is 0 Å². The maximum atomic E-state index is 10.0. The van der Waals surface area contributed by atoms with Crippen molar-refractivity contribution in [3.8, 4) is 0 Å². The van der Waals surface area contributed by atoms with Gasteiger partial charge in [-0.15, -0.1) is 6.58 Å². The molecule has 0 amide bonds. The fourth-order valence-corrected chi connectivity index (χ4v) is 0.763. The van der Waals surface area contributed by atoms with E-state index in [1.165, 1.54) is 0 Å². The first-order chi connectivity index (χ1) is 5.02. The van der Waals surface area contributed by atoms with Crippen LogP contribution in [-0.2, 0) is 9.53 Å². The van der Waals surface area contributed by atoms with Crippen LogP contribution in [0.3, 0.4) is 0 Å². The second-order valence-electron chi connectivity index (χ2n) is 2.68. The quantitative estimate of drug-likeness (QED) is 0.616. The van der Waals surface area contributed by atoms with E-state index in [2.05, 4.69) is 6.58 Å². The first-order valence-corrected chi connectivity index (χ1v) is 3.50. The minimum atomic E-state index is -0.932. The summed E-state index contributed by atoms with van der Waals surface area (Å²) in [6.45, 7) is 7.19. The molecule has 3 nitrogen and oxygen atoms in total. The van der Waals surface area contributed by atoms with E-state index in [1.54, 1.807) is 0 Å². The van der Waals surface area contributed by atoms with Gasteiger partial charge < -0.3 is 9.84 Å². The molecular weight excluding hydrogens is 144 g/mol. The van der Waals surface area contributed by atoms with Crippen LogP contribution >= 0.6 is 0 Å². The van der Waals surface area contributed by atoms with Gasteiger partial charge in [-0.1, -0.05) is 5.57 Å². The zero-order valence-electron chi connectivity index (χ0n) is 6.96. The molecule has 64 valence electrons. The van der Waals surface area contributed by atoms with Crippen molar-refractivity contribution in [3.63, 3.8) is 0 Å². The molecule has 0 aromatic carbocycles. The molecule has 0 saturated heterocycles. The van der Waals surface area contributed by atoms with E-state index in [1.807, 2.05) is 13.8 Å². The Balaban J connectivity index is 3.44. The molecule has 1 atom stereocenters. The molecule has 0 heterocycles. The Bertz CT molecular complexity index is 151. The molecule has 0 radical (unpaired) electrons. The van der Waals surface area contributed by atoms with E-state index < -0.39 is 5.97 Å². The fraction of sp³-hybridized carbons (Fsp3) is 0.625. The minimum Gasteiger partial charge on any atom is -0.480 e. The largest absolute Gasteiger partial charge is 0.480 e. The molecule has 0 aromatic heterocycles. The lowest BCUT2D eigenvalue weighted by Crippen LogP contribution is -2.15. The van der Waals surface area contributed by atoms with Gasteiger partial charge in [0.25, 0.3) is 0 Å². The molecule has 0 saturated carbocycles. The third-order valence-corrected chi connectivity index (χ3v) is 1.13. The van der Waals surface area contributed by atoms with Crippen molar-refractivity contribution in [2.24, 2.45) is 0 Å². The van der Waals surface area contributed by atoms with E-state index in [-0.39, 0.29) is 12.7 Å². The van der Waals surface area contributed by atoms with Crippen molar-refractivity contribution in [1.82, 2.24) is 0 Å². The highest BCUT2D eigenvalue weighted by Gasteiger charge is 2.04. The van der Waals surface area contributed by atoms with Crippen LogP contribution in [0.25, 0.3) is 0 Å². The highest BCUT2D eigenvalue weighted by Crippen LogP contribution is 2.04. The summed E-state index contributed by atoms with van der Waals surface area (Å²) in [6, 6.07) is 0. The van der Waals surface area contributed by atoms with Crippen LogP contribution in [0.4, 0.5) is 0 Å². The Hall–Kier alpha value is -0.830. The van der Waals surface area contributed by atoms with E-state index in [9.17, 15) is 4.79 Å². The number of aliphatic carboxylic acids is 1. The Labute approximate surface area is 66.7 Å². The van der Waals surface area contributed by atoms with Gasteiger partial charge in [-0.25, -0.2) is 4.79 Å². The van der Waals surface area contributed by atoms with Crippen LogP contribution in [0.15, 0.2) is 12.2 Å². The summed E-state index contributed by atoms with van der Waals surface area (Å²) in [5.74, 6) is -0.932. The number of carboxylic acids is 1. The van der Waals surface area contributed by atoms with Gasteiger partial charge in [0.2, 0.25) is 0 Å². The van der Waals surface area contributed by atoms with E-state index in [4.69, 9.17) is 9.84 Å². The zero-order valence-corrected chi connectivity index (χ0v) is 6.96. The third-order valence-electron chi connectivity index (χ3n) is 1.13. The summed E-state index contributed by atoms with van der Waals surface area (Å²) in [5, 5.41) is 8.25. The lowest BCUT2D eigenvalue weighted by Gasteiger charge is -2.10. The van der Waals surface area contributed by atoms with Crippen LogP contribution in [0.1, 0.15) is 20.3 Å². The monoisotopic (exact) mass is 158 g/mol. The van der Waals surface area contributed by atoms with Crippen LogP contribution < -0.4 is 0 Å². The lowest BCUT2D eigenvalue weighted by molar-refractivity contribution is -0.144. The molecule has 0 aliphatic carbocycles. The Morgan fingerprint density at radius 1 is 1.73 bits per heavy atom. The fourth-order valence-electron chi connectivity index (χ4n) is 0.763. The minimum absolute atomic E-state index is 0.0522. The molecule has 0 aliphatic heterocycles. The molecule has 1 N–H and O–H groups in total. The molecule has 0 spiro atoms. The molecule has 0 fully saturated rings. The number of carboxylic acid groups (broad SMARTS) is 1. The zero-order chi connectivity index (χ0) is 8.85. The third kappa shape index (κ3) is 7.06. The first-order valence-electron chi connectivity index (χ1n) is 3.50. The highest BCUT2D eigenvalue weighted by molar-refractivity contribution is 5.68. The summed E-state index contributed by atoms with van der Waals surface area (Å²) in [7, 11) is 0. The van der Waals surface area contributed by atoms with Gasteiger partial charge in [-0.2, -0.15) is 0 Å². The number of carbonyl (C=O) groups is 1. The maximum absolute atomic E-state index is 10.0. The topological polar surface area (TPSA) is 46.5 Å². The molecule has 3 heteroatoms. The van der Waals surface area contributed by atoms with E-state index in [0.717, 1.165) is 5.57 Å². The first kappa shape index (κ1) is 10.2. The summed E-state index contributed by atoms with van der Waals surface area (Å²) >= 11 is 0. The summed E-state index contributed by atoms with van der Waals surface area (Å²) < 4.78 is 4.95. The molecule has 1 unspecified atom stereocenters. The van der Waals surface area contributed by atoms with Crippen molar-refractivity contribution < 1.29 is 14.6 Å². The highest BCUT2D eigenvalue weighted by atomic mass is 16.5. The molecule has 11 heavy (non-hydrogen) atoms. The van der Waals surface area contributed by atoms with Crippen LogP contribution in [0.2, 0.25) is 0 Å². The van der Waals surface area contributed by atoms with Gasteiger partial charge in [0.1, 0.15) is 6.61 Å². The number of hydrogen-bond donors (Lipinski definition) is 1. The Morgan fingerprint density at radius 2 is 2.27 bits per heavy atom. The molecular formula is C8H14O3. The Kier molecular flexibility index (Phi) is 4.54. The van der Waals surface area contributed by atoms with E-state index >= 15 is 0 Å². The van der Waals surface area contributed by atoms with Crippen molar-refractivity contribution in [2.45, 2.75) is 26.4 Å². The van der Waals surface area contributed by atoms with Gasteiger partial charge in [0, 0.05) is 0 Å². The van der Waals surface area contributed by atoms with Crippen molar-refractivity contribution in [3.05, 3.63) is 12.2 Å². The van der Waals surface area contributed by atoms with Gasteiger partial charge in [-0.05, 0) is 20.3 Å². The average molecular weight is 158 g/mol. The lowest BCUT2D eigenvalue weighted by atomic mass is 10.2. The number of ether oxygens (including phenoxy) is 1. The second kappa shape index (κ2) is 4.91. The van der Waals surface area contributed by atoms with Crippen LogP contribution in [0.5, 0.6) is 0 Å². The van der Waals surface area contributed by atoms with Gasteiger partial charge >= 0.3 is 5.97 Å². The SMILES string of the molecule is C=C(C)CC(C)OCC(=O)O. The van der Waals surface area contributed by atoms with Crippen molar-refractivity contribution >= 4 is 5.97 Å².